The summed E-state index contributed by atoms with van der Waals surface area (Å²) in [5.74, 6) is 0. The molecule has 0 saturated carbocycles. The fourth-order valence-electron chi connectivity index (χ4n) is 1.03. The van der Waals surface area contributed by atoms with Crippen LogP contribution in [0.25, 0.3) is 0 Å². The van der Waals surface area contributed by atoms with E-state index < -0.39 is 0 Å². The van der Waals surface area contributed by atoms with Gasteiger partial charge in [-0.15, -0.1) is 12.8 Å². The van der Waals surface area contributed by atoms with Gasteiger partial charge in [-0.3, -0.25) is 12.2 Å². The standard InChI is InChI=1S/2C6H7.C3H6.Zr/c2*1-6-4-2-3-5-6;1-3-2;/h2*2,4H,3H2,1H3;1H,3H2,2H3;/q2*-1;;+2. The average molecular weight is 292 g/mol. The quantitative estimate of drug-likeness (QED) is 0.637. The molecule has 0 amide bonds. The van der Waals surface area contributed by atoms with Gasteiger partial charge in [0, 0.05) is 0 Å². The molecule has 0 aromatic carbocycles. The number of rotatable bonds is 1. The second kappa shape index (κ2) is 11.2. The van der Waals surface area contributed by atoms with Gasteiger partial charge >= 0.3 is 41.3 Å². The Morgan fingerprint density at radius 2 is 1.50 bits per heavy atom. The molecule has 0 atom stereocenters. The Hall–Kier alpha value is -0.287. The Balaban J connectivity index is 0.000000217. The molecule has 0 radical (unpaired) electrons. The van der Waals surface area contributed by atoms with Gasteiger partial charge in [0.15, 0.2) is 0 Å². The first-order chi connectivity index (χ1) is 7.70. The zero-order chi connectivity index (χ0) is 12.2. The maximum absolute atomic E-state index is 3.12. The van der Waals surface area contributed by atoms with Gasteiger partial charge in [0.1, 0.15) is 0 Å². The van der Waals surface area contributed by atoms with E-state index in [1.54, 1.807) is 24.2 Å². The molecule has 0 N–H and O–H groups in total. The van der Waals surface area contributed by atoms with Gasteiger partial charge in [-0.2, -0.15) is 12.2 Å². The summed E-state index contributed by atoms with van der Waals surface area (Å²) in [6.45, 7) is 6.27. The number of hydrogen-bond acceptors (Lipinski definition) is 0. The topological polar surface area (TPSA) is 0 Å². The molecule has 2 rings (SSSR count). The molecule has 0 heterocycles. The maximum atomic E-state index is 3.12. The average Bonchev–Trinajstić information content (AvgIpc) is 2.93. The predicted molar refractivity (Wildman–Crippen MR) is 68.7 cm³/mol. The Kier molecular flexibility index (Phi) is 11.0. The molecule has 1 heteroatoms. The fraction of sp³-hybridized carbons (Fsp3) is 0.400. The molecule has 0 bridgehead atoms. The summed E-state index contributed by atoms with van der Waals surface area (Å²) in [6.07, 6.45) is 17.9. The van der Waals surface area contributed by atoms with Crippen molar-refractivity contribution >= 4 is 3.71 Å². The van der Waals surface area contributed by atoms with Crippen molar-refractivity contribution in [1.82, 2.24) is 0 Å². The van der Waals surface area contributed by atoms with Crippen molar-refractivity contribution < 1.29 is 24.2 Å². The van der Waals surface area contributed by atoms with Crippen molar-refractivity contribution in [3.63, 3.8) is 0 Å². The van der Waals surface area contributed by atoms with Crippen LogP contribution in [0.15, 0.2) is 35.5 Å². The summed E-state index contributed by atoms with van der Waals surface area (Å²) in [6, 6.07) is 0. The fourth-order valence-corrected chi connectivity index (χ4v) is 1.03. The van der Waals surface area contributed by atoms with E-state index >= 15 is 0 Å². The van der Waals surface area contributed by atoms with E-state index in [9.17, 15) is 0 Å². The van der Waals surface area contributed by atoms with Gasteiger partial charge in [0.05, 0.1) is 0 Å². The van der Waals surface area contributed by atoms with Crippen LogP contribution in [0, 0.1) is 12.2 Å². The summed E-state index contributed by atoms with van der Waals surface area (Å²) < 4.78 is 2.22. The van der Waals surface area contributed by atoms with Crippen LogP contribution in [0.4, 0.5) is 0 Å². The molecule has 0 fully saturated rings. The van der Waals surface area contributed by atoms with E-state index in [-0.39, 0.29) is 0 Å². The third-order valence-corrected chi connectivity index (χ3v) is 2.94. The number of hydrogen-bond donors (Lipinski definition) is 0. The van der Waals surface area contributed by atoms with Gasteiger partial charge in [0.2, 0.25) is 0 Å². The predicted octanol–water partition coefficient (Wildman–Crippen LogP) is 4.14. The Labute approximate surface area is 115 Å². The van der Waals surface area contributed by atoms with Crippen LogP contribution < -0.4 is 0 Å². The monoisotopic (exact) mass is 290 g/mol. The van der Waals surface area contributed by atoms with Crippen molar-refractivity contribution in [2.24, 2.45) is 0 Å². The second-order valence-electron chi connectivity index (χ2n) is 3.54. The van der Waals surface area contributed by atoms with Crippen LogP contribution >= 0.6 is 0 Å². The molecule has 84 valence electrons. The van der Waals surface area contributed by atoms with E-state index in [1.165, 1.54) is 17.6 Å². The molecule has 0 aliphatic heterocycles. The van der Waals surface area contributed by atoms with Crippen LogP contribution in [0.5, 0.6) is 0 Å². The number of allylic oxidation sites excluding steroid dienone is 8. The Morgan fingerprint density at radius 1 is 1.12 bits per heavy atom. The summed E-state index contributed by atoms with van der Waals surface area (Å²) in [4.78, 5) is 0. The molecule has 2 aliphatic rings. The van der Waals surface area contributed by atoms with E-state index in [0.29, 0.717) is 0 Å². The first-order valence-corrected chi connectivity index (χ1v) is 7.09. The Bertz CT molecular complexity index is 270. The molecule has 0 aromatic rings. The molecule has 0 nitrogen and oxygen atoms in total. The molecule has 0 unspecified atom stereocenters. The summed E-state index contributed by atoms with van der Waals surface area (Å²) in [5.41, 5.74) is 2.55. The third-order valence-electron chi connectivity index (χ3n) is 1.94. The molecule has 0 spiro atoms. The summed E-state index contributed by atoms with van der Waals surface area (Å²) >= 11 is 1.54. The second-order valence-corrected chi connectivity index (χ2v) is 4.55. The van der Waals surface area contributed by atoms with Gasteiger partial charge < -0.3 is 0 Å². The van der Waals surface area contributed by atoms with Crippen LogP contribution in [0.3, 0.4) is 0 Å². The van der Waals surface area contributed by atoms with Crippen molar-refractivity contribution in [3.8, 4) is 0 Å². The van der Waals surface area contributed by atoms with Crippen LogP contribution in [-0.4, -0.2) is 3.71 Å². The molecular weight excluding hydrogens is 271 g/mol. The normalized spacial score (nSPS) is 15.6. The van der Waals surface area contributed by atoms with Gasteiger partial charge in [-0.05, 0) is 0 Å². The van der Waals surface area contributed by atoms with Crippen molar-refractivity contribution in [2.75, 3.05) is 0 Å². The minimum atomic E-state index is 1.02. The first kappa shape index (κ1) is 15.7. The zero-order valence-corrected chi connectivity index (χ0v) is 13.0. The zero-order valence-electron chi connectivity index (χ0n) is 10.5. The van der Waals surface area contributed by atoms with Crippen molar-refractivity contribution in [2.45, 2.75) is 40.0 Å². The van der Waals surface area contributed by atoms with Gasteiger partial charge in [-0.25, -0.2) is 23.3 Å². The molecule has 0 aromatic heterocycles. The van der Waals surface area contributed by atoms with Crippen LogP contribution in [0.2, 0.25) is 0 Å². The molecule has 0 saturated heterocycles. The van der Waals surface area contributed by atoms with E-state index in [4.69, 9.17) is 0 Å². The molecular formula is C15H20Zr. The van der Waals surface area contributed by atoms with Crippen LogP contribution in [0.1, 0.15) is 40.0 Å². The van der Waals surface area contributed by atoms with E-state index in [1.807, 2.05) is 0 Å². The summed E-state index contributed by atoms with van der Waals surface area (Å²) in [7, 11) is 0. The molecule has 16 heavy (non-hydrogen) atoms. The molecule has 2 aliphatic carbocycles. The SMILES string of the molecule is CC1=[C-]CC=C1.CC1=[C-]CC=C1.CC[CH]=[Zr+2]. The van der Waals surface area contributed by atoms with E-state index in [2.05, 4.69) is 60.9 Å². The summed E-state index contributed by atoms with van der Waals surface area (Å²) in [5, 5.41) is 0. The van der Waals surface area contributed by atoms with Crippen molar-refractivity contribution in [3.05, 3.63) is 47.6 Å². The van der Waals surface area contributed by atoms with Crippen molar-refractivity contribution in [1.29, 1.82) is 0 Å². The first-order valence-electron chi connectivity index (χ1n) is 5.67. The minimum absolute atomic E-state index is 1.02. The Morgan fingerprint density at radius 3 is 1.56 bits per heavy atom. The van der Waals surface area contributed by atoms with Crippen LogP contribution in [-0.2, 0) is 24.2 Å². The van der Waals surface area contributed by atoms with Gasteiger partial charge in [0.25, 0.3) is 0 Å². The van der Waals surface area contributed by atoms with Gasteiger partial charge in [-0.1, -0.05) is 13.8 Å². The van der Waals surface area contributed by atoms with E-state index in [0.717, 1.165) is 12.8 Å². The third kappa shape index (κ3) is 10.2.